The van der Waals surface area contributed by atoms with Gasteiger partial charge < -0.3 is 20.1 Å². The normalized spacial score (nSPS) is 23.8. The van der Waals surface area contributed by atoms with Crippen LogP contribution in [-0.4, -0.2) is 59.0 Å². The van der Waals surface area contributed by atoms with E-state index in [1.807, 2.05) is 25.8 Å². The highest BCUT2D eigenvalue weighted by atomic mass is 127. The number of piperidine rings is 1. The third-order valence-corrected chi connectivity index (χ3v) is 5.69. The van der Waals surface area contributed by atoms with Crippen molar-refractivity contribution in [1.82, 2.24) is 25.1 Å². The Kier molecular flexibility index (Phi) is 8.85. The van der Waals surface area contributed by atoms with E-state index in [9.17, 15) is 4.79 Å². The summed E-state index contributed by atoms with van der Waals surface area (Å²) in [6.45, 7) is 4.81. The molecule has 1 aliphatic heterocycles. The standard InChI is InChI=1S/C19H32N6O.HI/c1-15-8-11-24(13-17(15)25-12-10-21-14-25)19(20-2)22-9-7-18(26)23-16-5-3-4-6-16;/h10,12,14-17H,3-9,11,13H2,1-2H3,(H,20,22)(H,23,26);1H. The van der Waals surface area contributed by atoms with E-state index in [1.54, 1.807) is 0 Å². The van der Waals surface area contributed by atoms with Crippen LogP contribution in [0, 0.1) is 5.92 Å². The Labute approximate surface area is 179 Å². The highest BCUT2D eigenvalue weighted by Crippen LogP contribution is 2.27. The number of guanidine groups is 1. The molecule has 0 bridgehead atoms. The lowest BCUT2D eigenvalue weighted by atomic mass is 9.93. The van der Waals surface area contributed by atoms with Crippen LogP contribution < -0.4 is 10.6 Å². The highest BCUT2D eigenvalue weighted by Gasteiger charge is 2.28. The summed E-state index contributed by atoms with van der Waals surface area (Å²) in [7, 11) is 1.81. The maximum absolute atomic E-state index is 12.1. The lowest BCUT2D eigenvalue weighted by molar-refractivity contribution is -0.121. The van der Waals surface area contributed by atoms with Crippen molar-refractivity contribution in [3.8, 4) is 0 Å². The monoisotopic (exact) mass is 488 g/mol. The number of halogens is 1. The van der Waals surface area contributed by atoms with Crippen molar-refractivity contribution < 1.29 is 4.79 Å². The van der Waals surface area contributed by atoms with Gasteiger partial charge in [-0.1, -0.05) is 19.8 Å². The van der Waals surface area contributed by atoms with Gasteiger partial charge in [-0.15, -0.1) is 24.0 Å². The van der Waals surface area contributed by atoms with Gasteiger partial charge in [-0.25, -0.2) is 4.98 Å². The zero-order valence-electron chi connectivity index (χ0n) is 16.4. The highest BCUT2D eigenvalue weighted by molar-refractivity contribution is 14.0. The molecule has 1 saturated carbocycles. The summed E-state index contributed by atoms with van der Waals surface area (Å²) in [6, 6.07) is 0.789. The Morgan fingerprint density at radius 2 is 2.07 bits per heavy atom. The molecule has 1 aliphatic carbocycles. The molecule has 2 heterocycles. The fraction of sp³-hybridized carbons (Fsp3) is 0.737. The minimum absolute atomic E-state index is 0. The van der Waals surface area contributed by atoms with Crippen LogP contribution in [0.25, 0.3) is 0 Å². The van der Waals surface area contributed by atoms with E-state index in [0.29, 0.717) is 31.0 Å². The van der Waals surface area contributed by atoms with Gasteiger partial charge in [0, 0.05) is 51.5 Å². The SMILES string of the molecule is CN=C(NCCC(=O)NC1CCCC1)N1CCC(C)C(n2ccnc2)C1.I. The van der Waals surface area contributed by atoms with E-state index < -0.39 is 0 Å². The first kappa shape index (κ1) is 22.0. The van der Waals surface area contributed by atoms with E-state index in [1.165, 1.54) is 12.8 Å². The fourth-order valence-electron chi connectivity index (χ4n) is 4.09. The zero-order chi connectivity index (χ0) is 18.4. The molecule has 1 aromatic heterocycles. The Balaban J connectivity index is 0.00000261. The van der Waals surface area contributed by atoms with Gasteiger partial charge in [-0.3, -0.25) is 9.79 Å². The largest absolute Gasteiger partial charge is 0.356 e. The zero-order valence-corrected chi connectivity index (χ0v) is 18.8. The number of amides is 1. The topological polar surface area (TPSA) is 74.6 Å². The number of nitrogens with one attached hydrogen (secondary N) is 2. The number of hydrogen-bond acceptors (Lipinski definition) is 3. The number of carbonyl (C=O) groups excluding carboxylic acids is 1. The van der Waals surface area contributed by atoms with Gasteiger partial charge in [0.2, 0.25) is 5.91 Å². The van der Waals surface area contributed by atoms with Crippen molar-refractivity contribution >= 4 is 35.8 Å². The lowest BCUT2D eigenvalue weighted by Gasteiger charge is -2.39. The number of imidazole rings is 1. The summed E-state index contributed by atoms with van der Waals surface area (Å²) in [6.07, 6.45) is 12.1. The minimum atomic E-state index is 0. The molecule has 0 aromatic carbocycles. The van der Waals surface area contributed by atoms with Gasteiger partial charge in [0.15, 0.2) is 5.96 Å². The summed E-state index contributed by atoms with van der Waals surface area (Å²) in [5.74, 6) is 1.63. The van der Waals surface area contributed by atoms with E-state index in [4.69, 9.17) is 0 Å². The number of carbonyl (C=O) groups is 1. The third kappa shape index (κ3) is 6.08. The van der Waals surface area contributed by atoms with Crippen molar-refractivity contribution in [2.75, 3.05) is 26.7 Å². The Bertz CT molecular complexity index is 599. The van der Waals surface area contributed by atoms with Gasteiger partial charge in [-0.05, 0) is 25.2 Å². The van der Waals surface area contributed by atoms with Crippen LogP contribution in [0.4, 0.5) is 0 Å². The molecule has 1 amide bonds. The van der Waals surface area contributed by atoms with Gasteiger partial charge in [0.05, 0.1) is 12.4 Å². The van der Waals surface area contributed by atoms with Crippen LogP contribution >= 0.6 is 24.0 Å². The second-order valence-electron chi connectivity index (χ2n) is 7.56. The molecule has 2 N–H and O–H groups in total. The summed E-state index contributed by atoms with van der Waals surface area (Å²) in [5, 5.41) is 6.50. The molecule has 1 aromatic rings. The Morgan fingerprint density at radius 1 is 1.30 bits per heavy atom. The average molecular weight is 488 g/mol. The molecule has 8 heteroatoms. The molecule has 0 radical (unpaired) electrons. The van der Waals surface area contributed by atoms with Gasteiger partial charge >= 0.3 is 0 Å². The maximum atomic E-state index is 12.1. The number of aliphatic imine (C=N–C) groups is 1. The molecule has 2 aliphatic rings. The van der Waals surface area contributed by atoms with Gasteiger partial charge in [0.1, 0.15) is 0 Å². The van der Waals surface area contributed by atoms with Gasteiger partial charge in [-0.2, -0.15) is 0 Å². The average Bonchev–Trinajstić information content (AvgIpc) is 3.33. The van der Waals surface area contributed by atoms with Crippen molar-refractivity contribution in [3.05, 3.63) is 18.7 Å². The lowest BCUT2D eigenvalue weighted by Crippen LogP contribution is -2.49. The fourth-order valence-corrected chi connectivity index (χ4v) is 4.09. The molecule has 152 valence electrons. The summed E-state index contributed by atoms with van der Waals surface area (Å²) >= 11 is 0. The maximum Gasteiger partial charge on any atom is 0.221 e. The molecule has 7 nitrogen and oxygen atoms in total. The van der Waals surface area contributed by atoms with Crippen LogP contribution in [0.2, 0.25) is 0 Å². The van der Waals surface area contributed by atoms with Crippen LogP contribution in [0.15, 0.2) is 23.7 Å². The van der Waals surface area contributed by atoms with Crippen LogP contribution in [0.3, 0.4) is 0 Å². The number of aromatic nitrogens is 2. The predicted molar refractivity (Wildman–Crippen MR) is 118 cm³/mol. The summed E-state index contributed by atoms with van der Waals surface area (Å²) in [4.78, 5) is 23.0. The number of nitrogens with zero attached hydrogens (tertiary/aromatic N) is 4. The van der Waals surface area contributed by atoms with Gasteiger partial charge in [0.25, 0.3) is 0 Å². The van der Waals surface area contributed by atoms with E-state index in [-0.39, 0.29) is 29.9 Å². The van der Waals surface area contributed by atoms with Crippen molar-refractivity contribution in [3.63, 3.8) is 0 Å². The Hall–Kier alpha value is -1.32. The molecule has 2 fully saturated rings. The molecular formula is C19H33IN6O. The smallest absolute Gasteiger partial charge is 0.221 e. The first-order valence-electron chi connectivity index (χ1n) is 9.89. The van der Waals surface area contributed by atoms with Crippen LogP contribution in [0.5, 0.6) is 0 Å². The second-order valence-corrected chi connectivity index (χ2v) is 7.56. The molecule has 27 heavy (non-hydrogen) atoms. The molecule has 0 spiro atoms. The molecule has 2 unspecified atom stereocenters. The van der Waals surface area contributed by atoms with E-state index in [2.05, 4.69) is 37.0 Å². The van der Waals surface area contributed by atoms with Crippen LogP contribution in [0.1, 0.15) is 51.5 Å². The second kappa shape index (κ2) is 10.9. The van der Waals surface area contributed by atoms with E-state index >= 15 is 0 Å². The summed E-state index contributed by atoms with van der Waals surface area (Å²) in [5.41, 5.74) is 0. The van der Waals surface area contributed by atoms with Crippen molar-refractivity contribution in [2.45, 2.75) is 57.5 Å². The first-order valence-corrected chi connectivity index (χ1v) is 9.89. The molecule has 3 rings (SSSR count). The van der Waals surface area contributed by atoms with Crippen molar-refractivity contribution in [1.29, 1.82) is 0 Å². The predicted octanol–water partition coefficient (Wildman–Crippen LogP) is 2.41. The molecule has 1 saturated heterocycles. The third-order valence-electron chi connectivity index (χ3n) is 5.69. The van der Waals surface area contributed by atoms with Crippen molar-refractivity contribution in [2.24, 2.45) is 10.9 Å². The minimum Gasteiger partial charge on any atom is -0.356 e. The molecular weight excluding hydrogens is 455 g/mol. The number of likely N-dealkylation sites (tertiary alicyclic amines) is 1. The quantitative estimate of drug-likeness (QED) is 0.380. The number of rotatable bonds is 5. The number of hydrogen-bond donors (Lipinski definition) is 2. The van der Waals surface area contributed by atoms with Crippen LogP contribution in [-0.2, 0) is 4.79 Å². The van der Waals surface area contributed by atoms with E-state index in [0.717, 1.165) is 38.3 Å². The summed E-state index contributed by atoms with van der Waals surface area (Å²) < 4.78 is 2.19. The molecule has 2 atom stereocenters. The first-order chi connectivity index (χ1) is 12.7. The Morgan fingerprint density at radius 3 is 2.74 bits per heavy atom.